The molecule has 6 nitrogen and oxygen atoms in total. The molecule has 0 bridgehead atoms. The Bertz CT molecular complexity index is 866. The molecular weight excluding hydrogens is 342 g/mol. The lowest BCUT2D eigenvalue weighted by Gasteiger charge is -2.46. The predicted molar refractivity (Wildman–Crippen MR) is 103 cm³/mol. The first-order valence-corrected chi connectivity index (χ1v) is 9.39. The molecule has 0 saturated carbocycles. The second-order valence-electron chi connectivity index (χ2n) is 8.53. The highest BCUT2D eigenvalue weighted by molar-refractivity contribution is 5.94. The molecule has 1 aromatic carbocycles. The fourth-order valence-electron chi connectivity index (χ4n) is 4.32. The van der Waals surface area contributed by atoms with E-state index in [2.05, 4.69) is 22.4 Å². The minimum absolute atomic E-state index is 0.170. The van der Waals surface area contributed by atoms with Crippen molar-refractivity contribution >= 4 is 24.0 Å². The van der Waals surface area contributed by atoms with Gasteiger partial charge in [-0.25, -0.2) is 9.69 Å². The monoisotopic (exact) mass is 367 g/mol. The Morgan fingerprint density at radius 3 is 2.78 bits per heavy atom. The summed E-state index contributed by atoms with van der Waals surface area (Å²) in [7, 11) is 0. The summed E-state index contributed by atoms with van der Waals surface area (Å²) < 4.78 is 5.40. The molecule has 1 aliphatic carbocycles. The van der Waals surface area contributed by atoms with Gasteiger partial charge in [-0.3, -0.25) is 9.79 Å². The topological polar surface area (TPSA) is 71.0 Å². The Hall–Kier alpha value is -2.63. The first-order valence-electron chi connectivity index (χ1n) is 9.39. The summed E-state index contributed by atoms with van der Waals surface area (Å²) in [5.74, 6) is -0.170. The van der Waals surface area contributed by atoms with Gasteiger partial charge in [0.05, 0.1) is 12.9 Å². The van der Waals surface area contributed by atoms with Gasteiger partial charge in [-0.15, -0.1) is 0 Å². The Kier molecular flexibility index (Phi) is 4.09. The highest BCUT2D eigenvalue weighted by Gasteiger charge is 2.47. The van der Waals surface area contributed by atoms with Gasteiger partial charge in [-0.1, -0.05) is 24.3 Å². The smallest absolute Gasteiger partial charge is 0.417 e. The minimum Gasteiger partial charge on any atom is -0.443 e. The van der Waals surface area contributed by atoms with Gasteiger partial charge in [0.1, 0.15) is 5.60 Å². The fourth-order valence-corrected chi connectivity index (χ4v) is 4.32. The third kappa shape index (κ3) is 3.13. The van der Waals surface area contributed by atoms with Crippen LogP contribution >= 0.6 is 0 Å². The van der Waals surface area contributed by atoms with Crippen molar-refractivity contribution in [2.24, 2.45) is 10.4 Å². The van der Waals surface area contributed by atoms with Gasteiger partial charge in [0.2, 0.25) is 5.91 Å². The average Bonchev–Trinajstić information content (AvgIpc) is 2.60. The van der Waals surface area contributed by atoms with Crippen LogP contribution in [0, 0.1) is 5.41 Å². The minimum atomic E-state index is -0.617. The van der Waals surface area contributed by atoms with Crippen molar-refractivity contribution in [3.8, 4) is 0 Å². The number of nitrogens with zero attached hydrogens (tertiary/aromatic N) is 2. The van der Waals surface area contributed by atoms with Crippen molar-refractivity contribution in [2.75, 3.05) is 13.1 Å². The normalized spacial score (nSPS) is 24.4. The molecule has 1 atom stereocenters. The highest BCUT2D eigenvalue weighted by atomic mass is 16.6. The number of benzene rings is 1. The molecule has 2 heterocycles. The van der Waals surface area contributed by atoms with E-state index in [0.717, 1.165) is 18.5 Å². The van der Waals surface area contributed by atoms with Crippen LogP contribution in [0.15, 0.2) is 34.8 Å². The molecular formula is C21H25N3O3. The number of carbonyl (C=O) groups excluding carboxylic acids is 2. The molecule has 0 radical (unpaired) electrons. The molecule has 0 aromatic heterocycles. The molecule has 3 aliphatic rings. The van der Waals surface area contributed by atoms with Crippen molar-refractivity contribution in [3.05, 3.63) is 41.0 Å². The lowest BCUT2D eigenvalue weighted by molar-refractivity contribution is -0.136. The van der Waals surface area contributed by atoms with Crippen LogP contribution in [0.5, 0.6) is 0 Å². The first-order chi connectivity index (χ1) is 12.8. The molecule has 2 amide bonds. The molecule has 4 rings (SSSR count). The number of aliphatic imine (C=N–C) groups is 1. The number of piperidine rings is 1. The fraction of sp³-hybridized carbons (Fsp3) is 0.476. The van der Waals surface area contributed by atoms with Crippen LogP contribution in [0.4, 0.5) is 4.79 Å². The van der Waals surface area contributed by atoms with E-state index < -0.39 is 11.7 Å². The standard InChI is InChI=1S/C21H25N3O3/c1-20(2,3)27-19(26)24-9-8-21(11-17(24)25)10-14-6-4-5-7-15(14)18-16(21)12-22-13-23-18/h4-7,13H,8-12H2,1-3H3,(H,22,23). The third-order valence-corrected chi connectivity index (χ3v) is 5.53. The van der Waals surface area contributed by atoms with E-state index in [1.165, 1.54) is 21.6 Å². The van der Waals surface area contributed by atoms with Crippen LogP contribution in [-0.4, -0.2) is 41.9 Å². The number of fused-ring (bicyclic) bond motifs is 3. The number of hydrogen-bond acceptors (Lipinski definition) is 5. The summed E-state index contributed by atoms with van der Waals surface area (Å²) in [5, 5.41) is 3.30. The molecule has 142 valence electrons. The van der Waals surface area contributed by atoms with E-state index in [4.69, 9.17) is 4.74 Å². The summed E-state index contributed by atoms with van der Waals surface area (Å²) in [5.41, 5.74) is 3.77. The molecule has 1 N–H and O–H groups in total. The number of ether oxygens (including phenoxy) is 1. The Morgan fingerprint density at radius 2 is 2.04 bits per heavy atom. The van der Waals surface area contributed by atoms with Gasteiger partial charge in [-0.05, 0) is 44.7 Å². The van der Waals surface area contributed by atoms with E-state index in [1.54, 1.807) is 6.34 Å². The summed E-state index contributed by atoms with van der Waals surface area (Å²) in [6.07, 6.45) is 3.01. The van der Waals surface area contributed by atoms with E-state index in [-0.39, 0.29) is 11.3 Å². The molecule has 1 saturated heterocycles. The summed E-state index contributed by atoms with van der Waals surface area (Å²) in [6, 6.07) is 8.30. The quantitative estimate of drug-likeness (QED) is 0.765. The van der Waals surface area contributed by atoms with Gasteiger partial charge >= 0.3 is 6.09 Å². The van der Waals surface area contributed by atoms with E-state index in [0.29, 0.717) is 19.5 Å². The summed E-state index contributed by atoms with van der Waals surface area (Å²) >= 11 is 0. The van der Waals surface area contributed by atoms with Crippen LogP contribution < -0.4 is 5.32 Å². The number of carbonyl (C=O) groups is 2. The number of nitrogens with one attached hydrogen (secondary N) is 1. The van der Waals surface area contributed by atoms with Crippen molar-refractivity contribution in [1.82, 2.24) is 10.2 Å². The summed E-state index contributed by atoms with van der Waals surface area (Å²) in [4.78, 5) is 31.0. The summed E-state index contributed by atoms with van der Waals surface area (Å²) in [6.45, 7) is 6.39. The highest BCUT2D eigenvalue weighted by Crippen LogP contribution is 2.49. The zero-order valence-corrected chi connectivity index (χ0v) is 16.0. The van der Waals surface area contributed by atoms with Gasteiger partial charge in [0.15, 0.2) is 0 Å². The Morgan fingerprint density at radius 1 is 1.26 bits per heavy atom. The lowest BCUT2D eigenvalue weighted by atomic mass is 9.63. The zero-order valence-electron chi connectivity index (χ0n) is 16.0. The molecule has 1 aromatic rings. The lowest BCUT2D eigenvalue weighted by Crippen LogP contribution is -2.51. The van der Waals surface area contributed by atoms with Crippen LogP contribution in [0.3, 0.4) is 0 Å². The number of rotatable bonds is 0. The van der Waals surface area contributed by atoms with Crippen molar-refractivity contribution < 1.29 is 14.3 Å². The van der Waals surface area contributed by atoms with Crippen LogP contribution in [0.25, 0.3) is 5.70 Å². The van der Waals surface area contributed by atoms with Gasteiger partial charge < -0.3 is 10.1 Å². The molecule has 1 unspecified atom stereocenters. The maximum atomic E-state index is 12.9. The number of hydrogen-bond donors (Lipinski definition) is 1. The molecule has 6 heteroatoms. The maximum Gasteiger partial charge on any atom is 0.417 e. The number of amides is 2. The van der Waals surface area contributed by atoms with Crippen LogP contribution in [-0.2, 0) is 16.0 Å². The Labute approximate surface area is 159 Å². The third-order valence-electron chi connectivity index (χ3n) is 5.53. The number of likely N-dealkylation sites (tertiary alicyclic amines) is 1. The number of imide groups is 1. The van der Waals surface area contributed by atoms with Crippen molar-refractivity contribution in [3.63, 3.8) is 0 Å². The second-order valence-corrected chi connectivity index (χ2v) is 8.53. The van der Waals surface area contributed by atoms with E-state index in [1.807, 2.05) is 32.9 Å². The van der Waals surface area contributed by atoms with Crippen LogP contribution in [0.1, 0.15) is 44.7 Å². The molecule has 1 spiro atoms. The zero-order chi connectivity index (χ0) is 19.2. The van der Waals surface area contributed by atoms with Crippen molar-refractivity contribution in [2.45, 2.75) is 45.6 Å². The first kappa shape index (κ1) is 17.8. The maximum absolute atomic E-state index is 12.9. The molecule has 2 aliphatic heterocycles. The largest absolute Gasteiger partial charge is 0.443 e. The Balaban J connectivity index is 1.64. The average molecular weight is 367 g/mol. The second kappa shape index (κ2) is 6.22. The van der Waals surface area contributed by atoms with Crippen LogP contribution in [0.2, 0.25) is 0 Å². The van der Waals surface area contributed by atoms with Crippen molar-refractivity contribution in [1.29, 1.82) is 0 Å². The predicted octanol–water partition coefficient (Wildman–Crippen LogP) is 3.13. The SMILES string of the molecule is CC(C)(C)OC(=O)N1CCC2(CC1=O)Cc1ccccc1C1=C2CN=CN1. The molecule has 1 fully saturated rings. The van der Waals surface area contributed by atoms with Gasteiger partial charge in [0.25, 0.3) is 0 Å². The van der Waals surface area contributed by atoms with E-state index in [9.17, 15) is 9.59 Å². The van der Waals surface area contributed by atoms with Gasteiger partial charge in [0, 0.05) is 29.6 Å². The van der Waals surface area contributed by atoms with Gasteiger partial charge in [-0.2, -0.15) is 0 Å². The molecule has 27 heavy (non-hydrogen) atoms. The van der Waals surface area contributed by atoms with E-state index >= 15 is 0 Å².